The van der Waals surface area contributed by atoms with E-state index in [0.29, 0.717) is 5.92 Å². The number of hydrogen-bond donors (Lipinski definition) is 1. The first-order chi connectivity index (χ1) is 13.9. The summed E-state index contributed by atoms with van der Waals surface area (Å²) in [6, 6.07) is 23.7. The number of benzene rings is 3. The highest BCUT2D eigenvalue weighted by Gasteiger charge is 2.16. The van der Waals surface area contributed by atoms with Crippen molar-refractivity contribution in [2.24, 2.45) is 4.99 Å². The Balaban J connectivity index is 1.76. The molecule has 0 atom stereocenters. The van der Waals surface area contributed by atoms with Gasteiger partial charge < -0.3 is 4.30 Å². The highest BCUT2D eigenvalue weighted by Crippen LogP contribution is 2.22. The van der Waals surface area contributed by atoms with E-state index in [1.165, 1.54) is 33.5 Å². The predicted octanol–water partition coefficient (Wildman–Crippen LogP) is 6.99. The fraction of sp³-hybridized carbons (Fsp3) is 0.269. The van der Waals surface area contributed by atoms with E-state index in [2.05, 4.69) is 105 Å². The maximum absolute atomic E-state index is 4.77. The minimum atomic E-state index is -1.17. The topological polar surface area (TPSA) is 24.4 Å². The van der Waals surface area contributed by atoms with E-state index in [1.807, 2.05) is 6.21 Å². The van der Waals surface area contributed by atoms with Crippen molar-refractivity contribution in [3.05, 3.63) is 94.5 Å². The molecule has 3 heteroatoms. The molecule has 148 valence electrons. The standard InChI is InChI=1S/C17H18N.C8H10N.CH3.Al/c1-13(2)15-9-6-10-17(11-15)18-12-16-8-5-4-7-14(16)3;1-6-4-3-5-7(2)8(6)9;;/h4-13H,3H2,1-2H3;3-5,9H,1-2H3;1H3;/q;-1;;+1. The summed E-state index contributed by atoms with van der Waals surface area (Å²) in [6.45, 7) is 8.80. The molecule has 0 saturated carbocycles. The van der Waals surface area contributed by atoms with Gasteiger partial charge in [-0.2, -0.15) is 0 Å². The molecule has 0 saturated heterocycles. The first kappa shape index (κ1) is 21.4. The molecule has 3 aromatic carbocycles. The summed E-state index contributed by atoms with van der Waals surface area (Å²) in [6.07, 6.45) is 2.02. The van der Waals surface area contributed by atoms with Crippen molar-refractivity contribution < 1.29 is 0 Å². The second-order valence-corrected chi connectivity index (χ2v) is 10.7. The monoisotopic (exact) mass is 398 g/mol. The van der Waals surface area contributed by atoms with E-state index in [1.54, 1.807) is 0 Å². The van der Waals surface area contributed by atoms with Crippen LogP contribution in [0.3, 0.4) is 0 Å². The van der Waals surface area contributed by atoms with Gasteiger partial charge in [-0.15, -0.1) is 0 Å². The molecule has 1 N–H and O–H groups in total. The van der Waals surface area contributed by atoms with Crippen LogP contribution in [-0.2, 0) is 5.28 Å². The van der Waals surface area contributed by atoms with Gasteiger partial charge in [0.2, 0.25) is 0 Å². The molecule has 29 heavy (non-hydrogen) atoms. The van der Waals surface area contributed by atoms with Crippen LogP contribution in [0.15, 0.2) is 71.7 Å². The lowest BCUT2D eigenvalue weighted by molar-refractivity contribution is 0.867. The summed E-state index contributed by atoms with van der Waals surface area (Å²) < 4.78 is 3.84. The van der Waals surface area contributed by atoms with Gasteiger partial charge in [-0.05, 0) is 59.4 Å². The molecule has 3 aromatic rings. The molecular weight excluding hydrogens is 367 g/mol. The van der Waals surface area contributed by atoms with Crippen LogP contribution in [0, 0.1) is 13.8 Å². The van der Waals surface area contributed by atoms with Gasteiger partial charge in [0.05, 0.1) is 5.69 Å². The van der Waals surface area contributed by atoms with E-state index in [4.69, 9.17) is 4.99 Å². The van der Waals surface area contributed by atoms with Crippen LogP contribution in [0.4, 0.5) is 11.4 Å². The van der Waals surface area contributed by atoms with Gasteiger partial charge in [-0.1, -0.05) is 79.8 Å². The number of nitrogens with zero attached hydrogens (tertiary/aromatic N) is 1. The van der Waals surface area contributed by atoms with Gasteiger partial charge in [-0.25, -0.2) is 0 Å². The molecule has 0 unspecified atom stereocenters. The van der Waals surface area contributed by atoms with Gasteiger partial charge in [0, 0.05) is 11.9 Å². The van der Waals surface area contributed by atoms with Gasteiger partial charge in [0.1, 0.15) is 0 Å². The summed E-state index contributed by atoms with van der Waals surface area (Å²) in [5.41, 5.74) is 8.88. The molecule has 0 amide bonds. The van der Waals surface area contributed by atoms with E-state index in [9.17, 15) is 0 Å². The molecule has 0 aliphatic rings. The molecule has 0 aliphatic carbocycles. The minimum absolute atomic E-state index is 0.514. The molecule has 0 fully saturated rings. The summed E-state index contributed by atoms with van der Waals surface area (Å²) >= 11 is -1.17. The fourth-order valence-corrected chi connectivity index (χ4v) is 5.71. The SMILES string of the molecule is Cc1cccc(C)c1[NH][Al]([CH3])[CH2]c1ccccc1C=Nc1cccc(C(C)C)c1. The molecule has 0 radical (unpaired) electrons. The van der Waals surface area contributed by atoms with Crippen LogP contribution in [-0.4, -0.2) is 20.6 Å². The Kier molecular flexibility index (Phi) is 7.31. The van der Waals surface area contributed by atoms with Crippen molar-refractivity contribution >= 4 is 32.0 Å². The largest absolute Gasteiger partial charge is 0.476 e. The Labute approximate surface area is 180 Å². The Morgan fingerprint density at radius 2 is 1.62 bits per heavy atom. The second-order valence-electron chi connectivity index (χ2n) is 8.22. The quantitative estimate of drug-likeness (QED) is 0.336. The third-order valence-corrected chi connectivity index (χ3v) is 7.18. The first-order valence-electron chi connectivity index (χ1n) is 10.5. The number of anilines is 1. The van der Waals surface area contributed by atoms with Crippen molar-refractivity contribution in [1.29, 1.82) is 0 Å². The normalized spacial score (nSPS) is 11.2. The Morgan fingerprint density at radius 3 is 2.34 bits per heavy atom. The third-order valence-electron chi connectivity index (χ3n) is 5.34. The van der Waals surface area contributed by atoms with Crippen LogP contribution < -0.4 is 4.30 Å². The lowest BCUT2D eigenvalue weighted by atomic mass is 10.0. The number of aryl methyl sites for hydroxylation is 2. The maximum atomic E-state index is 4.77. The predicted molar refractivity (Wildman–Crippen MR) is 129 cm³/mol. The van der Waals surface area contributed by atoms with E-state index < -0.39 is 14.4 Å². The summed E-state index contributed by atoms with van der Waals surface area (Å²) in [5.74, 6) is 2.89. The molecular formula is C26H31AlN2. The van der Waals surface area contributed by atoms with Crippen molar-refractivity contribution in [3.8, 4) is 0 Å². The van der Waals surface area contributed by atoms with Crippen LogP contribution in [0.5, 0.6) is 0 Å². The molecule has 0 spiro atoms. The number of rotatable bonds is 7. The lowest BCUT2D eigenvalue weighted by Crippen LogP contribution is -2.25. The average molecular weight is 399 g/mol. The summed E-state index contributed by atoms with van der Waals surface area (Å²) in [5, 5.41) is 1.09. The number of para-hydroxylation sites is 1. The Morgan fingerprint density at radius 1 is 0.931 bits per heavy atom. The number of hydrogen-bond acceptors (Lipinski definition) is 2. The molecule has 0 aliphatic heterocycles. The van der Waals surface area contributed by atoms with Crippen molar-refractivity contribution in [1.82, 2.24) is 0 Å². The van der Waals surface area contributed by atoms with Crippen LogP contribution in [0.25, 0.3) is 0 Å². The minimum Gasteiger partial charge on any atom is -0.476 e. The van der Waals surface area contributed by atoms with E-state index >= 15 is 0 Å². The Hall–Kier alpha value is -2.34. The van der Waals surface area contributed by atoms with E-state index in [0.717, 1.165) is 11.0 Å². The van der Waals surface area contributed by atoms with Crippen LogP contribution >= 0.6 is 0 Å². The first-order valence-corrected chi connectivity index (χ1v) is 13.0. The van der Waals surface area contributed by atoms with Crippen LogP contribution in [0.2, 0.25) is 5.79 Å². The van der Waals surface area contributed by atoms with E-state index in [-0.39, 0.29) is 0 Å². The average Bonchev–Trinajstić information content (AvgIpc) is 2.70. The van der Waals surface area contributed by atoms with Crippen molar-refractivity contribution in [3.63, 3.8) is 0 Å². The zero-order valence-electron chi connectivity index (χ0n) is 18.2. The summed E-state index contributed by atoms with van der Waals surface area (Å²) in [7, 11) is 0. The number of aliphatic imine (C=N–C) groups is 1. The highest BCUT2D eigenvalue weighted by molar-refractivity contribution is 6.60. The lowest BCUT2D eigenvalue weighted by Gasteiger charge is -2.17. The van der Waals surface area contributed by atoms with Crippen molar-refractivity contribution in [2.45, 2.75) is 44.7 Å². The second kappa shape index (κ2) is 9.92. The molecule has 2 nitrogen and oxygen atoms in total. The van der Waals surface area contributed by atoms with Gasteiger partial charge in [0.15, 0.2) is 0 Å². The molecule has 3 rings (SSSR count). The third kappa shape index (κ3) is 5.83. The summed E-state index contributed by atoms with van der Waals surface area (Å²) in [4.78, 5) is 4.77. The number of nitrogens with one attached hydrogen (secondary N) is 1. The van der Waals surface area contributed by atoms with Gasteiger partial charge in [-0.3, -0.25) is 4.99 Å². The Bertz CT molecular complexity index is 971. The zero-order chi connectivity index (χ0) is 20.8. The fourth-order valence-electron chi connectivity index (χ4n) is 3.62. The van der Waals surface area contributed by atoms with Crippen LogP contribution in [0.1, 0.15) is 47.6 Å². The van der Waals surface area contributed by atoms with Gasteiger partial charge in [0.25, 0.3) is 0 Å². The zero-order valence-corrected chi connectivity index (χ0v) is 19.4. The molecule has 0 aromatic heterocycles. The smallest absolute Gasteiger partial charge is 0.412 e. The molecule has 0 heterocycles. The highest BCUT2D eigenvalue weighted by atomic mass is 27.2. The van der Waals surface area contributed by atoms with Gasteiger partial charge >= 0.3 is 14.4 Å². The maximum Gasteiger partial charge on any atom is 0.412 e. The molecule has 0 bridgehead atoms. The van der Waals surface area contributed by atoms with Crippen molar-refractivity contribution in [2.75, 3.05) is 4.30 Å².